The minimum atomic E-state index is 0.290. The topological polar surface area (TPSA) is 21.3 Å². The maximum atomic E-state index is 5.91. The summed E-state index contributed by atoms with van der Waals surface area (Å²) < 4.78 is 5.58. The zero-order valence-corrected chi connectivity index (χ0v) is 13.4. The van der Waals surface area contributed by atoms with Gasteiger partial charge in [0.1, 0.15) is 5.75 Å². The van der Waals surface area contributed by atoms with Crippen LogP contribution in [0.2, 0.25) is 5.02 Å². The minimum Gasteiger partial charge on any atom is -0.494 e. The summed E-state index contributed by atoms with van der Waals surface area (Å²) in [5.41, 5.74) is 2.49. The Kier molecular flexibility index (Phi) is 6.09. The van der Waals surface area contributed by atoms with Gasteiger partial charge in [-0.2, -0.15) is 0 Å². The Hall–Kier alpha value is -1.51. The lowest BCUT2D eigenvalue weighted by molar-refractivity contribution is 0.317. The molecule has 2 aromatic rings. The molecule has 0 aliphatic carbocycles. The molecule has 2 nitrogen and oxygen atoms in total. The highest BCUT2D eigenvalue weighted by Gasteiger charge is 2.04. The van der Waals surface area contributed by atoms with E-state index in [1.165, 1.54) is 11.1 Å². The Labute approximate surface area is 132 Å². The molecule has 3 heteroatoms. The van der Waals surface area contributed by atoms with E-state index in [2.05, 4.69) is 43.4 Å². The van der Waals surface area contributed by atoms with Gasteiger partial charge in [0.25, 0.3) is 0 Å². The van der Waals surface area contributed by atoms with Crippen LogP contribution in [-0.2, 0) is 6.54 Å². The summed E-state index contributed by atoms with van der Waals surface area (Å²) in [6.07, 6.45) is 1.03. The predicted molar refractivity (Wildman–Crippen MR) is 88.9 cm³/mol. The highest BCUT2D eigenvalue weighted by atomic mass is 35.5. The van der Waals surface area contributed by atoms with E-state index < -0.39 is 0 Å². The van der Waals surface area contributed by atoms with Crippen LogP contribution in [-0.4, -0.2) is 6.61 Å². The highest BCUT2D eigenvalue weighted by Crippen LogP contribution is 2.17. The van der Waals surface area contributed by atoms with Crippen LogP contribution in [0.1, 0.15) is 37.4 Å². The van der Waals surface area contributed by atoms with Gasteiger partial charge in [-0.25, -0.2) is 0 Å². The summed E-state index contributed by atoms with van der Waals surface area (Å²) in [6, 6.07) is 16.5. The van der Waals surface area contributed by atoms with E-state index in [4.69, 9.17) is 16.3 Å². The summed E-state index contributed by atoms with van der Waals surface area (Å²) in [4.78, 5) is 0. The predicted octanol–water partition coefficient (Wildman–Crippen LogP) is 4.98. The van der Waals surface area contributed by atoms with Crippen LogP contribution >= 0.6 is 11.6 Å². The third-order valence-electron chi connectivity index (χ3n) is 3.38. The van der Waals surface area contributed by atoms with Crippen molar-refractivity contribution in [1.29, 1.82) is 0 Å². The van der Waals surface area contributed by atoms with Gasteiger partial charge >= 0.3 is 0 Å². The molecule has 0 saturated heterocycles. The van der Waals surface area contributed by atoms with Gasteiger partial charge in [0, 0.05) is 17.6 Å². The number of hydrogen-bond acceptors (Lipinski definition) is 2. The van der Waals surface area contributed by atoms with Gasteiger partial charge in [0.15, 0.2) is 0 Å². The lowest BCUT2D eigenvalue weighted by Gasteiger charge is -2.14. The molecule has 21 heavy (non-hydrogen) atoms. The normalized spacial score (nSPS) is 12.1. The van der Waals surface area contributed by atoms with Gasteiger partial charge in [-0.1, -0.05) is 42.8 Å². The van der Waals surface area contributed by atoms with Crippen LogP contribution in [0.4, 0.5) is 0 Å². The molecule has 0 radical (unpaired) electrons. The maximum absolute atomic E-state index is 5.91. The van der Waals surface area contributed by atoms with Crippen LogP contribution in [0.3, 0.4) is 0 Å². The highest BCUT2D eigenvalue weighted by molar-refractivity contribution is 6.30. The first-order valence-corrected chi connectivity index (χ1v) is 7.77. The number of rotatable bonds is 7. The fourth-order valence-corrected chi connectivity index (χ4v) is 2.19. The second kappa shape index (κ2) is 8.06. The lowest BCUT2D eigenvalue weighted by atomic mass is 10.1. The van der Waals surface area contributed by atoms with Crippen molar-refractivity contribution in [2.24, 2.45) is 0 Å². The standard InChI is InChI=1S/C18H22ClNO/c1-3-12-21-18-10-4-15(5-11-18)13-20-14(2)16-6-8-17(19)9-7-16/h4-11,14,20H,3,12-13H2,1-2H3/t14-/m0/s1. The average molecular weight is 304 g/mol. The van der Waals surface area contributed by atoms with Crippen molar-refractivity contribution >= 4 is 11.6 Å². The van der Waals surface area contributed by atoms with E-state index in [1.807, 2.05) is 24.3 Å². The molecule has 0 fully saturated rings. The first kappa shape index (κ1) is 15.9. The molecule has 1 atom stereocenters. The number of nitrogens with one attached hydrogen (secondary N) is 1. The molecule has 0 unspecified atom stereocenters. The number of halogens is 1. The lowest BCUT2D eigenvalue weighted by Crippen LogP contribution is -2.17. The number of hydrogen-bond donors (Lipinski definition) is 1. The van der Waals surface area contributed by atoms with Gasteiger partial charge in [0.05, 0.1) is 6.61 Å². The van der Waals surface area contributed by atoms with Gasteiger partial charge in [-0.3, -0.25) is 0 Å². The molecular weight excluding hydrogens is 282 g/mol. The molecule has 112 valence electrons. The van der Waals surface area contributed by atoms with Crippen molar-refractivity contribution in [3.63, 3.8) is 0 Å². The minimum absolute atomic E-state index is 0.290. The number of benzene rings is 2. The van der Waals surface area contributed by atoms with Gasteiger partial charge in [0.2, 0.25) is 0 Å². The molecule has 2 rings (SSSR count). The smallest absolute Gasteiger partial charge is 0.119 e. The summed E-state index contributed by atoms with van der Waals surface area (Å²) in [5, 5.41) is 4.29. The second-order valence-corrected chi connectivity index (χ2v) is 5.58. The molecule has 2 aromatic carbocycles. The molecule has 0 saturated carbocycles. The maximum Gasteiger partial charge on any atom is 0.119 e. The number of ether oxygens (including phenoxy) is 1. The van der Waals surface area contributed by atoms with Crippen molar-refractivity contribution in [3.05, 3.63) is 64.7 Å². The van der Waals surface area contributed by atoms with Gasteiger partial charge in [-0.05, 0) is 48.7 Å². The first-order valence-electron chi connectivity index (χ1n) is 7.39. The average Bonchev–Trinajstić information content (AvgIpc) is 2.52. The Morgan fingerprint density at radius 3 is 2.33 bits per heavy atom. The van der Waals surface area contributed by atoms with Crippen LogP contribution in [0.25, 0.3) is 0 Å². The zero-order valence-electron chi connectivity index (χ0n) is 12.6. The fourth-order valence-electron chi connectivity index (χ4n) is 2.06. The van der Waals surface area contributed by atoms with Crippen LogP contribution in [0, 0.1) is 0 Å². The first-order chi connectivity index (χ1) is 10.2. The van der Waals surface area contributed by atoms with E-state index in [0.29, 0.717) is 6.04 Å². The van der Waals surface area contributed by atoms with Crippen molar-refractivity contribution in [1.82, 2.24) is 5.32 Å². The monoisotopic (exact) mass is 303 g/mol. The largest absolute Gasteiger partial charge is 0.494 e. The van der Waals surface area contributed by atoms with E-state index in [-0.39, 0.29) is 0 Å². The van der Waals surface area contributed by atoms with E-state index in [1.54, 1.807) is 0 Å². The van der Waals surface area contributed by atoms with E-state index in [0.717, 1.165) is 30.3 Å². The molecule has 0 heterocycles. The van der Waals surface area contributed by atoms with Gasteiger partial charge in [-0.15, -0.1) is 0 Å². The summed E-state index contributed by atoms with van der Waals surface area (Å²) in [6.45, 7) is 5.86. The van der Waals surface area contributed by atoms with Crippen LogP contribution in [0.15, 0.2) is 48.5 Å². The fraction of sp³-hybridized carbons (Fsp3) is 0.333. The quantitative estimate of drug-likeness (QED) is 0.779. The Bertz CT molecular complexity index is 536. The second-order valence-electron chi connectivity index (χ2n) is 5.15. The molecule has 0 aliphatic heterocycles. The Balaban J connectivity index is 1.86. The SMILES string of the molecule is CCCOc1ccc(CN[C@@H](C)c2ccc(Cl)cc2)cc1. The molecule has 1 N–H and O–H groups in total. The molecular formula is C18H22ClNO. The van der Waals surface area contributed by atoms with Crippen molar-refractivity contribution in [2.45, 2.75) is 32.9 Å². The molecule has 0 amide bonds. The summed E-state index contributed by atoms with van der Waals surface area (Å²) in [7, 11) is 0. The third kappa shape index (κ3) is 5.07. The summed E-state index contributed by atoms with van der Waals surface area (Å²) in [5.74, 6) is 0.936. The van der Waals surface area contributed by atoms with E-state index in [9.17, 15) is 0 Å². The molecule has 0 bridgehead atoms. The van der Waals surface area contributed by atoms with Crippen molar-refractivity contribution < 1.29 is 4.74 Å². The third-order valence-corrected chi connectivity index (χ3v) is 3.63. The van der Waals surface area contributed by atoms with Crippen LogP contribution in [0.5, 0.6) is 5.75 Å². The summed E-state index contributed by atoms with van der Waals surface area (Å²) >= 11 is 5.91. The Morgan fingerprint density at radius 1 is 1.05 bits per heavy atom. The van der Waals surface area contributed by atoms with Crippen LogP contribution < -0.4 is 10.1 Å². The Morgan fingerprint density at radius 2 is 1.71 bits per heavy atom. The molecule has 0 aliphatic rings. The van der Waals surface area contributed by atoms with Crippen molar-refractivity contribution in [2.75, 3.05) is 6.61 Å². The molecule has 0 spiro atoms. The van der Waals surface area contributed by atoms with Gasteiger partial charge < -0.3 is 10.1 Å². The van der Waals surface area contributed by atoms with E-state index >= 15 is 0 Å². The molecule has 0 aromatic heterocycles. The van der Waals surface area contributed by atoms with Crippen molar-refractivity contribution in [3.8, 4) is 5.75 Å². The zero-order chi connectivity index (χ0) is 15.1.